The number of hydrogen-bond donors (Lipinski definition) is 2. The summed E-state index contributed by atoms with van der Waals surface area (Å²) in [5.74, 6) is 1.52. The standard InChI is InChI=1S/C18H21N3O2/c1-21-12-11-15(13-21)20-18(22)19-14-7-9-17(10-8-14)23-16-5-3-2-4-6-16/h2-10,15H,11-13H2,1H3,(H2,19,20,22). The van der Waals surface area contributed by atoms with Crippen molar-refractivity contribution in [2.24, 2.45) is 0 Å². The van der Waals surface area contributed by atoms with Gasteiger partial charge in [-0.05, 0) is 56.4 Å². The number of benzene rings is 2. The molecule has 2 amide bonds. The van der Waals surface area contributed by atoms with Crippen LogP contribution in [0.25, 0.3) is 0 Å². The number of hydrogen-bond acceptors (Lipinski definition) is 3. The lowest BCUT2D eigenvalue weighted by Gasteiger charge is -2.14. The number of para-hydroxylation sites is 1. The molecule has 0 saturated carbocycles. The van der Waals surface area contributed by atoms with Crippen molar-refractivity contribution in [3.05, 3.63) is 54.6 Å². The zero-order chi connectivity index (χ0) is 16.1. The van der Waals surface area contributed by atoms with E-state index in [1.807, 2.05) is 54.6 Å². The second-order valence-corrected chi connectivity index (χ2v) is 5.79. The number of urea groups is 1. The molecule has 0 bridgehead atoms. The fraction of sp³-hybridized carbons (Fsp3) is 0.278. The second kappa shape index (κ2) is 7.15. The van der Waals surface area contributed by atoms with E-state index in [0.29, 0.717) is 0 Å². The predicted octanol–water partition coefficient (Wildman–Crippen LogP) is 3.30. The molecule has 2 N–H and O–H groups in total. The van der Waals surface area contributed by atoms with Crippen molar-refractivity contribution in [2.75, 3.05) is 25.5 Å². The van der Waals surface area contributed by atoms with Gasteiger partial charge >= 0.3 is 6.03 Å². The zero-order valence-corrected chi connectivity index (χ0v) is 13.2. The molecule has 1 aliphatic heterocycles. The molecule has 23 heavy (non-hydrogen) atoms. The van der Waals surface area contributed by atoms with Gasteiger partial charge in [0.2, 0.25) is 0 Å². The minimum atomic E-state index is -0.165. The highest BCUT2D eigenvalue weighted by Gasteiger charge is 2.20. The molecule has 5 nitrogen and oxygen atoms in total. The van der Waals surface area contributed by atoms with Crippen LogP contribution < -0.4 is 15.4 Å². The summed E-state index contributed by atoms with van der Waals surface area (Å²) in [4.78, 5) is 14.2. The van der Waals surface area contributed by atoms with Gasteiger partial charge in [-0.2, -0.15) is 0 Å². The Bertz CT molecular complexity index is 643. The van der Waals surface area contributed by atoms with E-state index in [9.17, 15) is 4.79 Å². The molecular formula is C18H21N3O2. The molecule has 1 aliphatic rings. The Morgan fingerprint density at radius 3 is 2.43 bits per heavy atom. The van der Waals surface area contributed by atoms with E-state index in [4.69, 9.17) is 4.74 Å². The highest BCUT2D eigenvalue weighted by molar-refractivity contribution is 5.89. The normalized spacial score (nSPS) is 17.7. The van der Waals surface area contributed by atoms with Crippen molar-refractivity contribution in [3.8, 4) is 11.5 Å². The zero-order valence-electron chi connectivity index (χ0n) is 13.2. The van der Waals surface area contributed by atoms with Crippen LogP contribution in [-0.2, 0) is 0 Å². The smallest absolute Gasteiger partial charge is 0.319 e. The molecule has 0 aromatic heterocycles. The average molecular weight is 311 g/mol. The third-order valence-corrected chi connectivity index (χ3v) is 3.82. The number of anilines is 1. The first-order chi connectivity index (χ1) is 11.2. The summed E-state index contributed by atoms with van der Waals surface area (Å²) in [7, 11) is 2.06. The summed E-state index contributed by atoms with van der Waals surface area (Å²) in [5, 5.41) is 5.84. The summed E-state index contributed by atoms with van der Waals surface area (Å²) in [6.07, 6.45) is 0.994. The van der Waals surface area contributed by atoms with Crippen LogP contribution in [0.4, 0.5) is 10.5 Å². The van der Waals surface area contributed by atoms with Gasteiger partial charge in [0.25, 0.3) is 0 Å². The second-order valence-electron chi connectivity index (χ2n) is 5.79. The van der Waals surface area contributed by atoms with Crippen molar-refractivity contribution in [1.29, 1.82) is 0 Å². The van der Waals surface area contributed by atoms with Gasteiger partial charge in [-0.15, -0.1) is 0 Å². The van der Waals surface area contributed by atoms with Gasteiger partial charge < -0.3 is 20.3 Å². The topological polar surface area (TPSA) is 53.6 Å². The maximum Gasteiger partial charge on any atom is 0.319 e. The monoisotopic (exact) mass is 311 g/mol. The van der Waals surface area contributed by atoms with Crippen molar-refractivity contribution in [2.45, 2.75) is 12.5 Å². The van der Waals surface area contributed by atoms with Crippen LogP contribution in [0.5, 0.6) is 11.5 Å². The fourth-order valence-corrected chi connectivity index (χ4v) is 2.64. The number of ether oxygens (including phenoxy) is 1. The van der Waals surface area contributed by atoms with Crippen LogP contribution in [0.3, 0.4) is 0 Å². The molecule has 5 heteroatoms. The van der Waals surface area contributed by atoms with E-state index in [2.05, 4.69) is 22.6 Å². The number of likely N-dealkylation sites (tertiary alicyclic amines) is 1. The number of nitrogens with one attached hydrogen (secondary N) is 2. The first-order valence-electron chi connectivity index (χ1n) is 7.78. The molecule has 2 aromatic rings. The van der Waals surface area contributed by atoms with Crippen molar-refractivity contribution in [1.82, 2.24) is 10.2 Å². The van der Waals surface area contributed by atoms with Gasteiger partial charge in [-0.3, -0.25) is 0 Å². The molecule has 0 aliphatic carbocycles. The van der Waals surface area contributed by atoms with Crippen LogP contribution in [-0.4, -0.2) is 37.1 Å². The number of nitrogens with zero attached hydrogens (tertiary/aromatic N) is 1. The first kappa shape index (κ1) is 15.4. The lowest BCUT2D eigenvalue weighted by molar-refractivity contribution is 0.248. The SMILES string of the molecule is CN1CCC(NC(=O)Nc2ccc(Oc3ccccc3)cc2)C1. The largest absolute Gasteiger partial charge is 0.457 e. The Hall–Kier alpha value is -2.53. The highest BCUT2D eigenvalue weighted by atomic mass is 16.5. The molecule has 0 spiro atoms. The Morgan fingerprint density at radius 1 is 1.09 bits per heavy atom. The third kappa shape index (κ3) is 4.47. The summed E-state index contributed by atoms with van der Waals surface area (Å²) < 4.78 is 5.72. The molecule has 2 aromatic carbocycles. The van der Waals surface area contributed by atoms with E-state index in [0.717, 1.165) is 36.7 Å². The van der Waals surface area contributed by atoms with Crippen molar-refractivity contribution in [3.63, 3.8) is 0 Å². The van der Waals surface area contributed by atoms with Crippen LogP contribution in [0.15, 0.2) is 54.6 Å². The Kier molecular flexibility index (Phi) is 4.78. The van der Waals surface area contributed by atoms with E-state index < -0.39 is 0 Å². The van der Waals surface area contributed by atoms with Crippen LogP contribution in [0.1, 0.15) is 6.42 Å². The fourth-order valence-electron chi connectivity index (χ4n) is 2.64. The number of carbonyl (C=O) groups is 1. The molecule has 1 atom stereocenters. The summed E-state index contributed by atoms with van der Waals surface area (Å²) >= 11 is 0. The van der Waals surface area contributed by atoms with Crippen molar-refractivity contribution >= 4 is 11.7 Å². The van der Waals surface area contributed by atoms with Gasteiger partial charge in [-0.1, -0.05) is 18.2 Å². The quantitative estimate of drug-likeness (QED) is 0.911. The molecule has 120 valence electrons. The number of likely N-dealkylation sites (N-methyl/N-ethyl adjacent to an activating group) is 1. The Morgan fingerprint density at radius 2 is 1.78 bits per heavy atom. The van der Waals surface area contributed by atoms with Gasteiger partial charge in [0.05, 0.1) is 0 Å². The van der Waals surface area contributed by atoms with E-state index >= 15 is 0 Å². The minimum Gasteiger partial charge on any atom is -0.457 e. The first-order valence-corrected chi connectivity index (χ1v) is 7.78. The molecule has 1 saturated heterocycles. The number of rotatable bonds is 4. The van der Waals surface area contributed by atoms with E-state index in [1.165, 1.54) is 0 Å². The van der Waals surface area contributed by atoms with Gasteiger partial charge in [0.15, 0.2) is 0 Å². The Balaban J connectivity index is 1.52. The predicted molar refractivity (Wildman–Crippen MR) is 91.0 cm³/mol. The molecular weight excluding hydrogens is 290 g/mol. The lowest BCUT2D eigenvalue weighted by atomic mass is 10.2. The third-order valence-electron chi connectivity index (χ3n) is 3.82. The minimum absolute atomic E-state index is 0.165. The van der Waals surface area contributed by atoms with Crippen LogP contribution in [0, 0.1) is 0 Å². The summed E-state index contributed by atoms with van der Waals surface area (Å²) in [6.45, 7) is 1.92. The number of amides is 2. The van der Waals surface area contributed by atoms with Gasteiger partial charge in [0, 0.05) is 18.3 Å². The van der Waals surface area contributed by atoms with Gasteiger partial charge in [0.1, 0.15) is 11.5 Å². The molecule has 1 unspecified atom stereocenters. The Labute approximate surface area is 136 Å². The maximum atomic E-state index is 12.0. The average Bonchev–Trinajstić information content (AvgIpc) is 2.95. The van der Waals surface area contributed by atoms with Gasteiger partial charge in [-0.25, -0.2) is 4.79 Å². The van der Waals surface area contributed by atoms with Crippen molar-refractivity contribution < 1.29 is 9.53 Å². The summed E-state index contributed by atoms with van der Waals surface area (Å²) in [5.41, 5.74) is 0.745. The van der Waals surface area contributed by atoms with E-state index in [-0.39, 0.29) is 12.1 Å². The molecule has 1 fully saturated rings. The van der Waals surface area contributed by atoms with Crippen LogP contribution >= 0.6 is 0 Å². The molecule has 3 rings (SSSR count). The number of carbonyl (C=O) groups excluding carboxylic acids is 1. The lowest BCUT2D eigenvalue weighted by Crippen LogP contribution is -2.39. The summed E-state index contributed by atoms with van der Waals surface area (Å²) in [6, 6.07) is 17.0. The molecule has 1 heterocycles. The highest BCUT2D eigenvalue weighted by Crippen LogP contribution is 2.22. The van der Waals surface area contributed by atoms with E-state index in [1.54, 1.807) is 0 Å². The maximum absolute atomic E-state index is 12.0. The molecule has 0 radical (unpaired) electrons. The van der Waals surface area contributed by atoms with Crippen LogP contribution in [0.2, 0.25) is 0 Å².